The summed E-state index contributed by atoms with van der Waals surface area (Å²) in [6.45, 7) is 13.1. The molecule has 0 fully saturated rings. The molecule has 3 heteroatoms. The number of thiophene rings is 1. The van der Waals surface area contributed by atoms with E-state index >= 15 is 0 Å². The molecule has 2 N–H and O–H groups in total. The Morgan fingerprint density at radius 1 is 1.26 bits per heavy atom. The van der Waals surface area contributed by atoms with Crippen molar-refractivity contribution in [3.05, 3.63) is 21.9 Å². The van der Waals surface area contributed by atoms with E-state index in [4.69, 9.17) is 5.73 Å². The Hall–Kier alpha value is -0.380. The molecule has 0 aliphatic heterocycles. The highest BCUT2D eigenvalue weighted by molar-refractivity contribution is 7.12. The summed E-state index contributed by atoms with van der Waals surface area (Å²) in [5, 5.41) is 0. The fourth-order valence-corrected chi connectivity index (χ4v) is 3.31. The smallest absolute Gasteiger partial charge is 0.0561 e. The monoisotopic (exact) mass is 282 g/mol. The van der Waals surface area contributed by atoms with Crippen LogP contribution in [0.3, 0.4) is 0 Å². The SMILES string of the molecule is CC(C)CCN(C)C(CN)c1ccc(C(C)(C)C)s1. The van der Waals surface area contributed by atoms with Crippen molar-refractivity contribution < 1.29 is 0 Å². The van der Waals surface area contributed by atoms with Crippen LogP contribution in [-0.4, -0.2) is 25.0 Å². The van der Waals surface area contributed by atoms with Gasteiger partial charge in [-0.15, -0.1) is 11.3 Å². The van der Waals surface area contributed by atoms with Gasteiger partial charge in [-0.25, -0.2) is 0 Å². The van der Waals surface area contributed by atoms with Gasteiger partial charge in [-0.1, -0.05) is 34.6 Å². The minimum Gasteiger partial charge on any atom is -0.329 e. The van der Waals surface area contributed by atoms with Gasteiger partial charge in [-0.2, -0.15) is 0 Å². The molecule has 0 saturated heterocycles. The minimum atomic E-state index is 0.235. The van der Waals surface area contributed by atoms with Gasteiger partial charge in [-0.05, 0) is 43.5 Å². The van der Waals surface area contributed by atoms with Crippen LogP contribution in [-0.2, 0) is 5.41 Å². The number of nitrogens with two attached hydrogens (primary N) is 1. The van der Waals surface area contributed by atoms with E-state index in [2.05, 4.69) is 58.7 Å². The third-order valence-corrected chi connectivity index (χ3v) is 5.12. The molecule has 1 aromatic heterocycles. The molecule has 0 spiro atoms. The van der Waals surface area contributed by atoms with Crippen molar-refractivity contribution >= 4 is 11.3 Å². The van der Waals surface area contributed by atoms with Gasteiger partial charge in [0.05, 0.1) is 6.04 Å². The van der Waals surface area contributed by atoms with E-state index in [-0.39, 0.29) is 5.41 Å². The molecular formula is C16H30N2S. The van der Waals surface area contributed by atoms with Crippen molar-refractivity contribution in [2.24, 2.45) is 11.7 Å². The lowest BCUT2D eigenvalue weighted by Crippen LogP contribution is -2.31. The lowest BCUT2D eigenvalue weighted by molar-refractivity contribution is 0.239. The topological polar surface area (TPSA) is 29.3 Å². The van der Waals surface area contributed by atoms with Crippen molar-refractivity contribution in [2.75, 3.05) is 20.1 Å². The second-order valence-electron chi connectivity index (χ2n) is 6.87. The van der Waals surface area contributed by atoms with E-state index in [0.717, 1.165) is 12.5 Å². The molecule has 1 rings (SSSR count). The van der Waals surface area contributed by atoms with E-state index in [1.54, 1.807) is 0 Å². The molecule has 1 atom stereocenters. The van der Waals surface area contributed by atoms with Gasteiger partial charge in [0, 0.05) is 16.3 Å². The molecule has 110 valence electrons. The van der Waals surface area contributed by atoms with Crippen LogP contribution in [0.5, 0.6) is 0 Å². The predicted molar refractivity (Wildman–Crippen MR) is 86.9 cm³/mol. The lowest BCUT2D eigenvalue weighted by Gasteiger charge is -2.27. The number of hydrogen-bond donors (Lipinski definition) is 1. The Balaban J connectivity index is 2.77. The van der Waals surface area contributed by atoms with Crippen LogP contribution >= 0.6 is 11.3 Å². The van der Waals surface area contributed by atoms with Crippen LogP contribution in [0, 0.1) is 5.92 Å². The van der Waals surface area contributed by atoms with Crippen molar-refractivity contribution in [3.63, 3.8) is 0 Å². The zero-order chi connectivity index (χ0) is 14.6. The van der Waals surface area contributed by atoms with Crippen molar-refractivity contribution in [3.8, 4) is 0 Å². The molecule has 0 bridgehead atoms. The molecule has 0 saturated carbocycles. The summed E-state index contributed by atoms with van der Waals surface area (Å²) in [7, 11) is 2.19. The Labute approximate surface area is 123 Å². The van der Waals surface area contributed by atoms with Crippen LogP contribution in [0.15, 0.2) is 12.1 Å². The van der Waals surface area contributed by atoms with Crippen molar-refractivity contribution in [2.45, 2.75) is 52.5 Å². The first-order chi connectivity index (χ1) is 8.75. The maximum absolute atomic E-state index is 6.00. The fraction of sp³-hybridized carbons (Fsp3) is 0.750. The molecule has 19 heavy (non-hydrogen) atoms. The minimum absolute atomic E-state index is 0.235. The van der Waals surface area contributed by atoms with Crippen molar-refractivity contribution in [1.29, 1.82) is 0 Å². The Morgan fingerprint density at radius 2 is 1.89 bits per heavy atom. The second kappa shape index (κ2) is 6.87. The second-order valence-corrected chi connectivity index (χ2v) is 7.98. The molecule has 1 unspecified atom stereocenters. The highest BCUT2D eigenvalue weighted by Gasteiger charge is 2.21. The van der Waals surface area contributed by atoms with Gasteiger partial charge in [0.25, 0.3) is 0 Å². The Bertz CT molecular complexity index is 376. The highest BCUT2D eigenvalue weighted by Crippen LogP contribution is 2.33. The fourth-order valence-electron chi connectivity index (χ4n) is 2.07. The lowest BCUT2D eigenvalue weighted by atomic mass is 9.95. The largest absolute Gasteiger partial charge is 0.329 e. The van der Waals surface area contributed by atoms with Gasteiger partial charge in [0.1, 0.15) is 0 Å². The Morgan fingerprint density at radius 3 is 2.32 bits per heavy atom. The molecule has 0 aliphatic rings. The molecule has 1 heterocycles. The number of likely N-dealkylation sites (N-methyl/N-ethyl adjacent to an activating group) is 1. The zero-order valence-electron chi connectivity index (χ0n) is 13.4. The van der Waals surface area contributed by atoms with E-state index < -0.39 is 0 Å². The van der Waals surface area contributed by atoms with Crippen molar-refractivity contribution in [1.82, 2.24) is 4.90 Å². The summed E-state index contributed by atoms with van der Waals surface area (Å²) in [6.07, 6.45) is 1.23. The molecule has 0 radical (unpaired) electrons. The normalized spacial score (nSPS) is 14.4. The third-order valence-electron chi connectivity index (χ3n) is 3.51. The molecule has 1 aromatic rings. The Kier molecular flexibility index (Phi) is 6.03. The first-order valence-corrected chi connectivity index (χ1v) is 8.08. The molecule has 0 aromatic carbocycles. The molecule has 2 nitrogen and oxygen atoms in total. The highest BCUT2D eigenvalue weighted by atomic mass is 32.1. The van der Waals surface area contributed by atoms with Crippen LogP contribution in [0.25, 0.3) is 0 Å². The van der Waals surface area contributed by atoms with E-state index in [1.807, 2.05) is 11.3 Å². The van der Waals surface area contributed by atoms with Crippen LogP contribution in [0.2, 0.25) is 0 Å². The van der Waals surface area contributed by atoms with E-state index in [9.17, 15) is 0 Å². The number of nitrogens with zero attached hydrogens (tertiary/aromatic N) is 1. The van der Waals surface area contributed by atoms with Gasteiger partial charge >= 0.3 is 0 Å². The number of hydrogen-bond acceptors (Lipinski definition) is 3. The van der Waals surface area contributed by atoms with Crippen LogP contribution < -0.4 is 5.73 Å². The van der Waals surface area contributed by atoms with Gasteiger partial charge in [0.15, 0.2) is 0 Å². The first-order valence-electron chi connectivity index (χ1n) is 7.26. The van der Waals surface area contributed by atoms with Gasteiger partial charge in [-0.3, -0.25) is 4.90 Å². The molecule has 0 aliphatic carbocycles. The average molecular weight is 282 g/mol. The quantitative estimate of drug-likeness (QED) is 0.854. The maximum atomic E-state index is 6.00. The van der Waals surface area contributed by atoms with Gasteiger partial charge in [0.2, 0.25) is 0 Å². The third kappa shape index (κ3) is 4.90. The first kappa shape index (κ1) is 16.7. The average Bonchev–Trinajstić information content (AvgIpc) is 2.76. The molecular weight excluding hydrogens is 252 g/mol. The maximum Gasteiger partial charge on any atom is 0.0561 e. The van der Waals surface area contributed by atoms with Crippen LogP contribution in [0.1, 0.15) is 56.8 Å². The summed E-state index contributed by atoms with van der Waals surface area (Å²) in [4.78, 5) is 5.25. The standard InChI is InChI=1S/C16H30N2S/c1-12(2)9-10-18(6)13(11-17)14-7-8-15(19-14)16(3,4)5/h7-8,12-13H,9-11,17H2,1-6H3. The summed E-state index contributed by atoms with van der Waals surface area (Å²) in [6, 6.07) is 4.88. The summed E-state index contributed by atoms with van der Waals surface area (Å²) >= 11 is 1.91. The zero-order valence-corrected chi connectivity index (χ0v) is 14.2. The summed E-state index contributed by atoms with van der Waals surface area (Å²) < 4.78 is 0. The number of rotatable bonds is 6. The molecule has 0 amide bonds. The van der Waals surface area contributed by atoms with Gasteiger partial charge < -0.3 is 5.73 Å². The predicted octanol–water partition coefficient (Wildman–Crippen LogP) is 4.02. The summed E-state index contributed by atoms with van der Waals surface area (Å²) in [5.41, 5.74) is 6.23. The van der Waals surface area contributed by atoms with E-state index in [0.29, 0.717) is 12.6 Å². The van der Waals surface area contributed by atoms with Crippen LogP contribution in [0.4, 0.5) is 0 Å². The van der Waals surface area contributed by atoms with E-state index in [1.165, 1.54) is 16.2 Å². The summed E-state index contributed by atoms with van der Waals surface area (Å²) in [5.74, 6) is 0.745.